The smallest absolute Gasteiger partial charge is 0.439 e. The Hall–Kier alpha value is -1.31. The second kappa shape index (κ2) is 7.07. The summed E-state index contributed by atoms with van der Waals surface area (Å²) in [5, 5.41) is 13.7. The van der Waals surface area contributed by atoms with Crippen molar-refractivity contribution in [3.63, 3.8) is 0 Å². The van der Waals surface area contributed by atoms with Crippen molar-refractivity contribution in [3.05, 3.63) is 0 Å². The van der Waals surface area contributed by atoms with Crippen molar-refractivity contribution < 1.29 is 27.8 Å². The summed E-state index contributed by atoms with van der Waals surface area (Å²) in [6.45, 7) is 6.62. The lowest BCUT2D eigenvalue weighted by Gasteiger charge is -2.33. The molecule has 0 aliphatic carbocycles. The third-order valence-corrected chi connectivity index (χ3v) is 3.38. The summed E-state index contributed by atoms with van der Waals surface area (Å²) < 4.78 is 44.6. The van der Waals surface area contributed by atoms with E-state index in [0.29, 0.717) is 12.8 Å². The molecular formula is C15H25F3N2O3. The SMILES string of the molecule is CCCCCCC1=NN(C(=O)OC(C)(C)C)C(O)(C(F)(F)F)C1. The average molecular weight is 338 g/mol. The van der Waals surface area contributed by atoms with Gasteiger partial charge in [0.25, 0.3) is 5.72 Å². The molecule has 23 heavy (non-hydrogen) atoms. The molecule has 1 amide bonds. The number of rotatable bonds is 5. The van der Waals surface area contributed by atoms with E-state index in [0.717, 1.165) is 19.3 Å². The van der Waals surface area contributed by atoms with Crippen molar-refractivity contribution in [1.29, 1.82) is 0 Å². The Bertz CT molecular complexity index is 458. The van der Waals surface area contributed by atoms with Crippen LogP contribution in [-0.2, 0) is 4.74 Å². The zero-order chi connectivity index (χ0) is 17.9. The van der Waals surface area contributed by atoms with Gasteiger partial charge in [0.05, 0.1) is 0 Å². The summed E-state index contributed by atoms with van der Waals surface area (Å²) in [5.41, 5.74) is -4.16. The Balaban J connectivity index is 2.90. The first-order valence-corrected chi connectivity index (χ1v) is 7.79. The lowest BCUT2D eigenvalue weighted by Crippen LogP contribution is -2.57. The van der Waals surface area contributed by atoms with E-state index in [-0.39, 0.29) is 10.7 Å². The minimum Gasteiger partial charge on any atom is -0.442 e. The van der Waals surface area contributed by atoms with Crippen LogP contribution in [0.3, 0.4) is 0 Å². The zero-order valence-electron chi connectivity index (χ0n) is 14.0. The van der Waals surface area contributed by atoms with Gasteiger partial charge in [-0.15, -0.1) is 0 Å². The maximum absolute atomic E-state index is 13.2. The number of alkyl halides is 3. The molecule has 0 radical (unpaired) electrons. The minimum absolute atomic E-state index is 0.0351. The van der Waals surface area contributed by atoms with Crippen LogP contribution < -0.4 is 0 Å². The predicted molar refractivity (Wildman–Crippen MR) is 79.9 cm³/mol. The Morgan fingerprint density at radius 1 is 1.30 bits per heavy atom. The van der Waals surface area contributed by atoms with Crippen LogP contribution >= 0.6 is 0 Å². The van der Waals surface area contributed by atoms with Gasteiger partial charge in [-0.25, -0.2) is 4.79 Å². The average Bonchev–Trinajstić information content (AvgIpc) is 2.71. The summed E-state index contributed by atoms with van der Waals surface area (Å²) in [4.78, 5) is 12.0. The standard InChI is InChI=1S/C15H25F3N2O3/c1-5-6-7-8-9-11-10-14(22,15(16,17)18)20(19-11)12(21)23-13(2,3)4/h22H,5-10H2,1-4H3. The van der Waals surface area contributed by atoms with Crippen LogP contribution in [0, 0.1) is 0 Å². The van der Waals surface area contributed by atoms with Crippen LogP contribution in [0.4, 0.5) is 18.0 Å². The molecule has 1 aliphatic rings. The molecule has 1 unspecified atom stereocenters. The Morgan fingerprint density at radius 3 is 2.39 bits per heavy atom. The van der Waals surface area contributed by atoms with E-state index in [4.69, 9.17) is 4.74 Å². The van der Waals surface area contributed by atoms with E-state index in [9.17, 15) is 23.1 Å². The first-order valence-electron chi connectivity index (χ1n) is 7.79. The van der Waals surface area contributed by atoms with Crippen LogP contribution in [0.15, 0.2) is 5.10 Å². The van der Waals surface area contributed by atoms with Gasteiger partial charge in [-0.05, 0) is 33.6 Å². The zero-order valence-corrected chi connectivity index (χ0v) is 14.0. The van der Waals surface area contributed by atoms with Crippen molar-refractivity contribution in [1.82, 2.24) is 5.01 Å². The molecule has 8 heteroatoms. The molecule has 0 saturated carbocycles. The van der Waals surface area contributed by atoms with Gasteiger partial charge < -0.3 is 9.84 Å². The molecular weight excluding hydrogens is 313 g/mol. The van der Waals surface area contributed by atoms with E-state index in [1.165, 1.54) is 20.8 Å². The monoisotopic (exact) mass is 338 g/mol. The highest BCUT2D eigenvalue weighted by atomic mass is 19.4. The van der Waals surface area contributed by atoms with Crippen molar-refractivity contribution in [2.24, 2.45) is 5.10 Å². The van der Waals surface area contributed by atoms with E-state index in [1.807, 2.05) is 6.92 Å². The third-order valence-electron chi connectivity index (χ3n) is 3.38. The number of nitrogens with zero attached hydrogens (tertiary/aromatic N) is 2. The van der Waals surface area contributed by atoms with Gasteiger partial charge in [-0.1, -0.05) is 26.2 Å². The molecule has 0 saturated heterocycles. The van der Waals surface area contributed by atoms with Crippen LogP contribution in [0.25, 0.3) is 0 Å². The molecule has 0 bridgehead atoms. The maximum Gasteiger partial charge on any atom is 0.439 e. The van der Waals surface area contributed by atoms with Gasteiger partial charge in [0, 0.05) is 12.1 Å². The number of hydrazone groups is 1. The van der Waals surface area contributed by atoms with Crippen LogP contribution in [0.5, 0.6) is 0 Å². The summed E-state index contributed by atoms with van der Waals surface area (Å²) in [5.74, 6) is 0. The van der Waals surface area contributed by atoms with Crippen molar-refractivity contribution >= 4 is 11.8 Å². The quantitative estimate of drug-likeness (QED) is 0.764. The van der Waals surface area contributed by atoms with Crippen LogP contribution in [-0.4, -0.2) is 39.4 Å². The van der Waals surface area contributed by atoms with Gasteiger partial charge in [-0.2, -0.15) is 23.3 Å². The predicted octanol–water partition coefficient (Wildman–Crippen LogP) is 4.20. The van der Waals surface area contributed by atoms with E-state index in [2.05, 4.69) is 5.10 Å². The highest BCUT2D eigenvalue weighted by molar-refractivity contribution is 5.89. The Kier molecular flexibility index (Phi) is 6.06. The molecule has 1 rings (SSSR count). The number of hydrogen-bond donors (Lipinski definition) is 1. The second-order valence-electron chi connectivity index (χ2n) is 6.76. The molecule has 0 aromatic rings. The number of hydrogen-bond acceptors (Lipinski definition) is 4. The van der Waals surface area contributed by atoms with E-state index in [1.54, 1.807) is 0 Å². The Morgan fingerprint density at radius 2 is 1.91 bits per heavy atom. The number of ether oxygens (including phenoxy) is 1. The number of unbranched alkanes of at least 4 members (excludes halogenated alkanes) is 3. The number of carbonyl (C=O) groups is 1. The highest BCUT2D eigenvalue weighted by Gasteiger charge is 2.63. The fraction of sp³-hybridized carbons (Fsp3) is 0.867. The number of halogens is 3. The van der Waals surface area contributed by atoms with Gasteiger partial charge >= 0.3 is 12.3 Å². The topological polar surface area (TPSA) is 62.1 Å². The number of amides is 1. The van der Waals surface area contributed by atoms with Crippen molar-refractivity contribution in [3.8, 4) is 0 Å². The lowest BCUT2D eigenvalue weighted by atomic mass is 10.0. The van der Waals surface area contributed by atoms with Crippen LogP contribution in [0.2, 0.25) is 0 Å². The molecule has 1 heterocycles. The van der Waals surface area contributed by atoms with E-state index < -0.39 is 30.0 Å². The lowest BCUT2D eigenvalue weighted by molar-refractivity contribution is -0.300. The highest BCUT2D eigenvalue weighted by Crippen LogP contribution is 2.41. The summed E-state index contributed by atoms with van der Waals surface area (Å²) in [7, 11) is 0. The first-order chi connectivity index (χ1) is 10.4. The third kappa shape index (κ3) is 5.09. The van der Waals surface area contributed by atoms with E-state index >= 15 is 0 Å². The molecule has 1 atom stereocenters. The summed E-state index contributed by atoms with van der Waals surface area (Å²) in [6.07, 6.45) is -3.22. The molecule has 1 aliphatic heterocycles. The van der Waals surface area contributed by atoms with Crippen molar-refractivity contribution in [2.45, 2.75) is 83.7 Å². The molecule has 1 N–H and O–H groups in total. The summed E-state index contributed by atoms with van der Waals surface area (Å²) in [6, 6.07) is 0. The fourth-order valence-corrected chi connectivity index (χ4v) is 2.23. The van der Waals surface area contributed by atoms with Gasteiger partial charge in [0.1, 0.15) is 5.60 Å². The number of carbonyl (C=O) groups excluding carboxylic acids is 1. The fourth-order valence-electron chi connectivity index (χ4n) is 2.23. The van der Waals surface area contributed by atoms with Gasteiger partial charge in [0.2, 0.25) is 0 Å². The molecule has 0 aromatic heterocycles. The molecule has 134 valence electrons. The second-order valence-corrected chi connectivity index (χ2v) is 6.76. The molecule has 5 nitrogen and oxygen atoms in total. The van der Waals surface area contributed by atoms with Gasteiger partial charge in [0.15, 0.2) is 0 Å². The normalized spacial score (nSPS) is 22.3. The summed E-state index contributed by atoms with van der Waals surface area (Å²) >= 11 is 0. The molecule has 0 fully saturated rings. The molecule has 0 spiro atoms. The largest absolute Gasteiger partial charge is 0.442 e. The van der Waals surface area contributed by atoms with Gasteiger partial charge in [-0.3, -0.25) is 0 Å². The van der Waals surface area contributed by atoms with Crippen molar-refractivity contribution in [2.75, 3.05) is 0 Å². The number of aliphatic hydroxyl groups is 1. The Labute approximate surface area is 134 Å². The van der Waals surface area contributed by atoms with Crippen LogP contribution in [0.1, 0.15) is 66.2 Å². The minimum atomic E-state index is -5.02. The molecule has 0 aromatic carbocycles. The first kappa shape index (κ1) is 19.7. The maximum atomic E-state index is 13.2.